The Kier molecular flexibility index (Phi) is 6.11. The standard InChI is InChI=1S/C19H18ClN3O4S/c1-2-28(25,26)16-9-7-15(8-10-16)21-17(24)11-12-18-22-19(23-27-18)13-3-5-14(20)6-4-13/h3-10H,2,11-12H2,1H3,(H,21,24). The Bertz CT molecular complexity index is 1060. The van der Waals surface area contributed by atoms with Gasteiger partial charge in [0, 0.05) is 29.1 Å². The van der Waals surface area contributed by atoms with Crippen LogP contribution in [0.2, 0.25) is 5.02 Å². The molecule has 1 N–H and O–H groups in total. The van der Waals surface area contributed by atoms with E-state index < -0.39 is 9.84 Å². The van der Waals surface area contributed by atoms with Gasteiger partial charge in [-0.1, -0.05) is 23.7 Å². The number of amides is 1. The van der Waals surface area contributed by atoms with E-state index in [0.717, 1.165) is 5.56 Å². The van der Waals surface area contributed by atoms with Crippen LogP contribution in [0, 0.1) is 0 Å². The summed E-state index contributed by atoms with van der Waals surface area (Å²) in [4.78, 5) is 16.6. The molecular formula is C19H18ClN3O4S. The Balaban J connectivity index is 1.55. The highest BCUT2D eigenvalue weighted by molar-refractivity contribution is 7.91. The van der Waals surface area contributed by atoms with Gasteiger partial charge in [0.2, 0.25) is 17.6 Å². The van der Waals surface area contributed by atoms with Crippen molar-refractivity contribution < 1.29 is 17.7 Å². The second-order valence-electron chi connectivity index (χ2n) is 5.99. The Morgan fingerprint density at radius 3 is 2.43 bits per heavy atom. The van der Waals surface area contributed by atoms with Crippen molar-refractivity contribution in [3.8, 4) is 11.4 Å². The Morgan fingerprint density at radius 1 is 1.11 bits per heavy atom. The lowest BCUT2D eigenvalue weighted by atomic mass is 10.2. The summed E-state index contributed by atoms with van der Waals surface area (Å²) in [5.41, 5.74) is 1.29. The number of carbonyl (C=O) groups excluding carboxylic acids is 1. The van der Waals surface area contributed by atoms with Gasteiger partial charge in [-0.25, -0.2) is 8.42 Å². The number of nitrogens with one attached hydrogen (secondary N) is 1. The van der Waals surface area contributed by atoms with Gasteiger partial charge in [0.25, 0.3) is 0 Å². The van der Waals surface area contributed by atoms with Gasteiger partial charge < -0.3 is 9.84 Å². The van der Waals surface area contributed by atoms with Crippen LogP contribution < -0.4 is 5.32 Å². The maximum Gasteiger partial charge on any atom is 0.227 e. The lowest BCUT2D eigenvalue weighted by Crippen LogP contribution is -2.12. The van der Waals surface area contributed by atoms with E-state index in [4.69, 9.17) is 16.1 Å². The summed E-state index contributed by atoms with van der Waals surface area (Å²) in [6.07, 6.45) is 0.436. The molecule has 0 aliphatic carbocycles. The predicted octanol–water partition coefficient (Wildman–Crippen LogP) is 3.75. The van der Waals surface area contributed by atoms with Crippen molar-refractivity contribution in [1.29, 1.82) is 0 Å². The second kappa shape index (κ2) is 8.53. The molecule has 28 heavy (non-hydrogen) atoms. The highest BCUT2D eigenvalue weighted by Crippen LogP contribution is 2.19. The quantitative estimate of drug-likeness (QED) is 0.625. The first kappa shape index (κ1) is 20.0. The average molecular weight is 420 g/mol. The van der Waals surface area contributed by atoms with Gasteiger partial charge in [-0.3, -0.25) is 4.79 Å². The molecule has 0 bridgehead atoms. The molecule has 146 valence electrons. The molecule has 3 aromatic rings. The number of aromatic nitrogens is 2. The van der Waals surface area contributed by atoms with Crippen LogP contribution in [-0.2, 0) is 21.1 Å². The van der Waals surface area contributed by atoms with Gasteiger partial charge >= 0.3 is 0 Å². The minimum atomic E-state index is -3.26. The highest BCUT2D eigenvalue weighted by Gasteiger charge is 2.13. The van der Waals surface area contributed by atoms with Gasteiger partial charge in [0.15, 0.2) is 9.84 Å². The van der Waals surface area contributed by atoms with Crippen LogP contribution in [0.3, 0.4) is 0 Å². The van der Waals surface area contributed by atoms with Crippen LogP contribution in [0.25, 0.3) is 11.4 Å². The Labute approximate surface area is 167 Å². The van der Waals surface area contributed by atoms with Gasteiger partial charge in [-0.05, 0) is 48.5 Å². The van der Waals surface area contributed by atoms with E-state index in [1.54, 1.807) is 43.3 Å². The molecular weight excluding hydrogens is 402 g/mol. The third-order valence-electron chi connectivity index (χ3n) is 4.01. The molecule has 1 aromatic heterocycles. The van der Waals surface area contributed by atoms with Crippen LogP contribution in [0.5, 0.6) is 0 Å². The summed E-state index contributed by atoms with van der Waals surface area (Å²) in [5, 5.41) is 7.23. The number of hydrogen-bond donors (Lipinski definition) is 1. The zero-order valence-electron chi connectivity index (χ0n) is 15.1. The SMILES string of the molecule is CCS(=O)(=O)c1ccc(NC(=O)CCc2nc(-c3ccc(Cl)cc3)no2)cc1. The lowest BCUT2D eigenvalue weighted by molar-refractivity contribution is -0.116. The summed E-state index contributed by atoms with van der Waals surface area (Å²) in [7, 11) is -3.26. The number of benzene rings is 2. The number of halogens is 1. The average Bonchev–Trinajstić information content (AvgIpc) is 3.16. The molecule has 0 saturated carbocycles. The van der Waals surface area contributed by atoms with Crippen LogP contribution in [0.4, 0.5) is 5.69 Å². The molecule has 0 aliphatic rings. The van der Waals surface area contributed by atoms with Gasteiger partial charge in [-0.15, -0.1) is 0 Å². The summed E-state index contributed by atoms with van der Waals surface area (Å²) >= 11 is 5.86. The molecule has 3 rings (SSSR count). The van der Waals surface area contributed by atoms with Crippen molar-refractivity contribution in [2.24, 2.45) is 0 Å². The van der Waals surface area contributed by atoms with Crippen molar-refractivity contribution in [3.05, 3.63) is 59.4 Å². The molecule has 1 heterocycles. The maximum absolute atomic E-state index is 12.1. The summed E-state index contributed by atoms with van der Waals surface area (Å²) < 4.78 is 28.8. The summed E-state index contributed by atoms with van der Waals surface area (Å²) in [5.74, 6) is 0.572. The number of aryl methyl sites for hydroxylation is 1. The first-order chi connectivity index (χ1) is 13.4. The third-order valence-corrected chi connectivity index (χ3v) is 6.02. The molecule has 7 nitrogen and oxygen atoms in total. The van der Waals surface area contributed by atoms with Crippen molar-refractivity contribution in [2.45, 2.75) is 24.7 Å². The van der Waals surface area contributed by atoms with Crippen LogP contribution >= 0.6 is 11.6 Å². The molecule has 0 unspecified atom stereocenters. The molecule has 0 atom stereocenters. The van der Waals surface area contributed by atoms with Crippen molar-refractivity contribution >= 4 is 33.0 Å². The minimum absolute atomic E-state index is 0.0287. The predicted molar refractivity (Wildman–Crippen MR) is 106 cm³/mol. The van der Waals surface area contributed by atoms with Gasteiger partial charge in [-0.2, -0.15) is 4.98 Å². The topological polar surface area (TPSA) is 102 Å². The smallest absolute Gasteiger partial charge is 0.227 e. The van der Waals surface area contributed by atoms with Gasteiger partial charge in [0.1, 0.15) is 0 Å². The second-order valence-corrected chi connectivity index (χ2v) is 8.71. The van der Waals surface area contributed by atoms with E-state index in [1.165, 1.54) is 12.1 Å². The zero-order valence-corrected chi connectivity index (χ0v) is 16.6. The van der Waals surface area contributed by atoms with E-state index in [9.17, 15) is 13.2 Å². The molecule has 0 fully saturated rings. The monoisotopic (exact) mass is 419 g/mol. The first-order valence-electron chi connectivity index (χ1n) is 8.58. The fourth-order valence-corrected chi connectivity index (χ4v) is 3.44. The first-order valence-corrected chi connectivity index (χ1v) is 10.6. The largest absolute Gasteiger partial charge is 0.339 e. The normalized spacial score (nSPS) is 11.4. The highest BCUT2D eigenvalue weighted by atomic mass is 35.5. The fraction of sp³-hybridized carbons (Fsp3) is 0.211. The van der Waals surface area contributed by atoms with Crippen molar-refractivity contribution in [3.63, 3.8) is 0 Å². The number of rotatable bonds is 7. The fourth-order valence-electron chi connectivity index (χ4n) is 2.43. The van der Waals surface area contributed by atoms with E-state index >= 15 is 0 Å². The van der Waals surface area contributed by atoms with Crippen LogP contribution in [-0.4, -0.2) is 30.2 Å². The molecule has 0 aliphatic heterocycles. The minimum Gasteiger partial charge on any atom is -0.339 e. The van der Waals surface area contributed by atoms with E-state index in [-0.39, 0.29) is 29.4 Å². The van der Waals surface area contributed by atoms with E-state index in [2.05, 4.69) is 15.5 Å². The van der Waals surface area contributed by atoms with Crippen molar-refractivity contribution in [1.82, 2.24) is 10.1 Å². The molecule has 1 amide bonds. The lowest BCUT2D eigenvalue weighted by Gasteiger charge is -2.06. The number of hydrogen-bond acceptors (Lipinski definition) is 6. The maximum atomic E-state index is 12.1. The molecule has 9 heteroatoms. The van der Waals surface area contributed by atoms with Crippen LogP contribution in [0.1, 0.15) is 19.2 Å². The number of sulfone groups is 1. The zero-order chi connectivity index (χ0) is 20.1. The number of nitrogens with zero attached hydrogens (tertiary/aromatic N) is 2. The van der Waals surface area contributed by atoms with Gasteiger partial charge in [0.05, 0.1) is 10.6 Å². The molecule has 2 aromatic carbocycles. The van der Waals surface area contributed by atoms with Crippen molar-refractivity contribution in [2.75, 3.05) is 11.1 Å². The molecule has 0 saturated heterocycles. The number of carbonyl (C=O) groups is 1. The summed E-state index contributed by atoms with van der Waals surface area (Å²) in [6.45, 7) is 1.58. The van der Waals surface area contributed by atoms with E-state index in [1.807, 2.05) is 0 Å². The Morgan fingerprint density at radius 2 is 1.79 bits per heavy atom. The number of anilines is 1. The Hall–Kier alpha value is -2.71. The third kappa shape index (κ3) is 4.96. The molecule has 0 spiro atoms. The molecule has 0 radical (unpaired) electrons. The van der Waals surface area contributed by atoms with Crippen LogP contribution in [0.15, 0.2) is 57.9 Å². The summed E-state index contributed by atoms with van der Waals surface area (Å²) in [6, 6.07) is 13.1. The van der Waals surface area contributed by atoms with E-state index in [0.29, 0.717) is 22.4 Å².